The van der Waals surface area contributed by atoms with Gasteiger partial charge in [-0.25, -0.2) is 0 Å². The summed E-state index contributed by atoms with van der Waals surface area (Å²) in [6, 6.07) is 11.5. The lowest BCUT2D eigenvalue weighted by molar-refractivity contribution is -0.118. The fraction of sp³-hybridized carbons (Fsp3) is 0.345. The van der Waals surface area contributed by atoms with Gasteiger partial charge in [-0.1, -0.05) is 36.9 Å². The highest BCUT2D eigenvalue weighted by Gasteiger charge is 2.46. The van der Waals surface area contributed by atoms with Crippen molar-refractivity contribution in [2.24, 2.45) is 11.1 Å². The Morgan fingerprint density at radius 3 is 2.68 bits per heavy atom. The van der Waals surface area contributed by atoms with Crippen molar-refractivity contribution < 1.29 is 14.3 Å². The second-order valence-corrected chi connectivity index (χ2v) is 13.7. The maximum atomic E-state index is 13.6. The number of carbonyl (C=O) groups is 2. The molecule has 1 unspecified atom stereocenters. The fourth-order valence-corrected chi connectivity index (χ4v) is 7.87. The molecule has 0 spiro atoms. The number of nitrogens with two attached hydrogens (primary N) is 1. The van der Waals surface area contributed by atoms with Gasteiger partial charge in [0.15, 0.2) is 10.1 Å². The number of Topliss-reactive ketones (excluding diaryl/α,β-unsaturated/α-hetero) is 1. The van der Waals surface area contributed by atoms with Crippen LogP contribution in [0.25, 0.3) is 0 Å². The molecule has 3 aromatic rings. The fourth-order valence-electron chi connectivity index (χ4n) is 5.15. The van der Waals surface area contributed by atoms with Crippen molar-refractivity contribution in [3.8, 4) is 11.8 Å². The van der Waals surface area contributed by atoms with Crippen LogP contribution in [-0.2, 0) is 9.59 Å². The quantitative estimate of drug-likeness (QED) is 0.297. The number of nitriles is 1. The lowest BCUT2D eigenvalue weighted by Crippen LogP contribution is -2.42. The SMILES string of the molecule is CCOc1ccc(NC(=O)CSc2nnc(N3C(N)=C(C#N)C(c4sccc4C)C4=C3CC(C)(C)CC4=O)s2)cc1. The molecule has 5 rings (SSSR count). The topological polar surface area (TPSA) is 134 Å². The third kappa shape index (κ3) is 5.88. The van der Waals surface area contributed by atoms with E-state index < -0.39 is 5.92 Å². The molecule has 1 aromatic carbocycles. The summed E-state index contributed by atoms with van der Waals surface area (Å²) in [5.74, 6) is 0.474. The molecule has 0 fully saturated rings. The lowest BCUT2D eigenvalue weighted by Gasteiger charge is -2.42. The standard InChI is InChI=1S/C29H30N6O3S3/c1-5-38-18-8-6-17(7-9-18)32-22(37)15-40-28-34-33-27(41-28)35-20-12-29(3,4)13-21(36)24(20)23(19(14-30)26(35)31)25-16(2)10-11-39-25/h6-11,23H,5,12-13,15,31H2,1-4H3,(H,32,37). The number of thiophene rings is 1. The first-order valence-electron chi connectivity index (χ1n) is 13.1. The molecule has 2 aromatic heterocycles. The van der Waals surface area contributed by atoms with Crippen molar-refractivity contribution in [2.75, 3.05) is 22.6 Å². The van der Waals surface area contributed by atoms with Gasteiger partial charge in [0.05, 0.1) is 29.9 Å². The minimum atomic E-state index is -0.497. The highest BCUT2D eigenvalue weighted by molar-refractivity contribution is 8.01. The smallest absolute Gasteiger partial charge is 0.234 e. The molecule has 1 atom stereocenters. The first kappa shape index (κ1) is 28.9. The van der Waals surface area contributed by atoms with Crippen molar-refractivity contribution in [1.29, 1.82) is 5.26 Å². The second kappa shape index (κ2) is 11.7. The van der Waals surface area contributed by atoms with Gasteiger partial charge in [-0.15, -0.1) is 21.5 Å². The number of rotatable bonds is 8. The largest absolute Gasteiger partial charge is 0.494 e. The summed E-state index contributed by atoms with van der Waals surface area (Å²) in [6.45, 7) is 8.59. The molecule has 3 N–H and O–H groups in total. The maximum Gasteiger partial charge on any atom is 0.234 e. The van der Waals surface area contributed by atoms with Gasteiger partial charge in [-0.05, 0) is 67.0 Å². The number of aryl methyl sites for hydroxylation is 1. The molecule has 1 aliphatic heterocycles. The third-order valence-electron chi connectivity index (χ3n) is 6.91. The number of thioether (sulfide) groups is 1. The van der Waals surface area contributed by atoms with Crippen LogP contribution in [-0.4, -0.2) is 34.2 Å². The molecule has 0 bridgehead atoms. The van der Waals surface area contributed by atoms with Crippen LogP contribution in [0.1, 0.15) is 50.0 Å². The number of nitrogens with one attached hydrogen (secondary N) is 1. The van der Waals surface area contributed by atoms with E-state index in [-0.39, 0.29) is 28.7 Å². The van der Waals surface area contributed by atoms with Crippen molar-refractivity contribution in [3.63, 3.8) is 0 Å². The highest BCUT2D eigenvalue weighted by Crippen LogP contribution is 2.52. The third-order valence-corrected chi connectivity index (χ3v) is 10.0. The van der Waals surface area contributed by atoms with E-state index in [4.69, 9.17) is 10.5 Å². The van der Waals surface area contributed by atoms with Gasteiger partial charge in [-0.2, -0.15) is 5.26 Å². The highest BCUT2D eigenvalue weighted by atomic mass is 32.2. The zero-order valence-corrected chi connectivity index (χ0v) is 25.6. The van der Waals surface area contributed by atoms with Crippen LogP contribution in [0.5, 0.6) is 5.75 Å². The van der Waals surface area contributed by atoms with E-state index in [9.17, 15) is 14.9 Å². The second-order valence-electron chi connectivity index (χ2n) is 10.6. The molecule has 9 nitrogen and oxygen atoms in total. The monoisotopic (exact) mass is 606 g/mol. The molecule has 3 heterocycles. The number of carbonyl (C=O) groups excluding carboxylic acids is 2. The molecule has 0 radical (unpaired) electrons. The summed E-state index contributed by atoms with van der Waals surface area (Å²) in [5, 5.41) is 24.2. The van der Waals surface area contributed by atoms with Gasteiger partial charge in [0.25, 0.3) is 0 Å². The van der Waals surface area contributed by atoms with Gasteiger partial charge in [0.1, 0.15) is 11.6 Å². The number of ketones is 1. The predicted molar refractivity (Wildman–Crippen MR) is 163 cm³/mol. The summed E-state index contributed by atoms with van der Waals surface area (Å²) >= 11 is 4.06. The van der Waals surface area contributed by atoms with Crippen LogP contribution in [0.15, 0.2) is 62.7 Å². The van der Waals surface area contributed by atoms with Gasteiger partial charge in [0, 0.05) is 28.3 Å². The number of amides is 1. The average Bonchev–Trinajstić information content (AvgIpc) is 3.56. The summed E-state index contributed by atoms with van der Waals surface area (Å²) in [6.07, 6.45) is 0.987. The van der Waals surface area contributed by atoms with E-state index in [1.165, 1.54) is 34.4 Å². The number of hydrogen-bond donors (Lipinski definition) is 2. The van der Waals surface area contributed by atoms with Crippen LogP contribution >= 0.6 is 34.4 Å². The molecule has 212 valence electrons. The molecule has 1 amide bonds. The van der Waals surface area contributed by atoms with Crippen molar-refractivity contribution >= 4 is 56.9 Å². The Morgan fingerprint density at radius 1 is 1.27 bits per heavy atom. The van der Waals surface area contributed by atoms with Crippen LogP contribution < -0.4 is 20.7 Å². The Balaban J connectivity index is 1.40. The maximum absolute atomic E-state index is 13.6. The molecule has 0 saturated carbocycles. The Hall–Kier alpha value is -3.66. The van der Waals surface area contributed by atoms with Crippen molar-refractivity contribution in [3.05, 3.63) is 68.8 Å². The van der Waals surface area contributed by atoms with E-state index in [1.54, 1.807) is 29.2 Å². The van der Waals surface area contributed by atoms with Gasteiger partial charge < -0.3 is 15.8 Å². The zero-order valence-electron chi connectivity index (χ0n) is 23.2. The first-order chi connectivity index (χ1) is 19.6. The van der Waals surface area contributed by atoms with Crippen LogP contribution in [0.4, 0.5) is 10.8 Å². The van der Waals surface area contributed by atoms with E-state index in [1.807, 2.05) is 25.3 Å². The average molecular weight is 607 g/mol. The lowest BCUT2D eigenvalue weighted by atomic mass is 9.69. The van der Waals surface area contributed by atoms with Crippen molar-refractivity contribution in [2.45, 2.75) is 50.8 Å². The molecular weight excluding hydrogens is 577 g/mol. The van der Waals surface area contributed by atoms with E-state index in [0.29, 0.717) is 45.8 Å². The van der Waals surface area contributed by atoms with Gasteiger partial charge in [0.2, 0.25) is 11.0 Å². The van der Waals surface area contributed by atoms with E-state index in [0.717, 1.165) is 21.9 Å². The van der Waals surface area contributed by atoms with Gasteiger partial charge in [-0.3, -0.25) is 14.5 Å². The molecule has 2 aliphatic rings. The number of anilines is 2. The number of ether oxygens (including phenoxy) is 1. The normalized spacial score (nSPS) is 18.3. The number of hydrogen-bond acceptors (Lipinski definition) is 11. The molecule has 12 heteroatoms. The van der Waals surface area contributed by atoms with Crippen LogP contribution in [0.3, 0.4) is 0 Å². The Kier molecular flexibility index (Phi) is 8.22. The number of nitrogens with zero attached hydrogens (tertiary/aromatic N) is 4. The van der Waals surface area contributed by atoms with Crippen molar-refractivity contribution in [1.82, 2.24) is 10.2 Å². The molecule has 41 heavy (non-hydrogen) atoms. The zero-order chi connectivity index (χ0) is 29.3. The van der Waals surface area contributed by atoms with Crippen LogP contribution in [0, 0.1) is 23.7 Å². The summed E-state index contributed by atoms with van der Waals surface area (Å²) in [4.78, 5) is 28.9. The number of benzene rings is 1. The Labute approximate surface area is 251 Å². The van der Waals surface area contributed by atoms with E-state index in [2.05, 4.69) is 35.4 Å². The Bertz CT molecular complexity index is 1600. The van der Waals surface area contributed by atoms with Crippen LogP contribution in [0.2, 0.25) is 0 Å². The molecule has 1 aliphatic carbocycles. The van der Waals surface area contributed by atoms with E-state index >= 15 is 0 Å². The summed E-state index contributed by atoms with van der Waals surface area (Å²) in [5.41, 5.74) is 9.83. The summed E-state index contributed by atoms with van der Waals surface area (Å²) in [7, 11) is 0. The Morgan fingerprint density at radius 2 is 2.02 bits per heavy atom. The number of aromatic nitrogens is 2. The minimum Gasteiger partial charge on any atom is -0.494 e. The minimum absolute atomic E-state index is 0.0179. The van der Waals surface area contributed by atoms with Gasteiger partial charge >= 0.3 is 0 Å². The predicted octanol–water partition coefficient (Wildman–Crippen LogP) is 5.98. The summed E-state index contributed by atoms with van der Waals surface area (Å²) < 4.78 is 6.02. The molecular formula is C29H30N6O3S3. The number of allylic oxidation sites excluding steroid dienone is 3. The first-order valence-corrected chi connectivity index (χ1v) is 15.8. The molecule has 0 saturated heterocycles.